The van der Waals surface area contributed by atoms with Gasteiger partial charge in [0.05, 0.1) is 29.6 Å². The highest BCUT2D eigenvalue weighted by Gasteiger charge is 2.11. The summed E-state index contributed by atoms with van der Waals surface area (Å²) in [5, 5.41) is 0. The maximum atomic E-state index is 4.77. The van der Waals surface area contributed by atoms with Crippen LogP contribution in [-0.4, -0.2) is 19.1 Å². The molecular formula is C16H20N4. The van der Waals surface area contributed by atoms with Crippen LogP contribution in [0.5, 0.6) is 0 Å². The first-order valence-electron chi connectivity index (χ1n) is 7.26. The third kappa shape index (κ3) is 2.22. The van der Waals surface area contributed by atoms with Gasteiger partial charge >= 0.3 is 0 Å². The fraction of sp³-hybridized carbons (Fsp3) is 0.375. The van der Waals surface area contributed by atoms with E-state index in [9.17, 15) is 0 Å². The van der Waals surface area contributed by atoms with E-state index in [1.807, 2.05) is 18.6 Å². The van der Waals surface area contributed by atoms with E-state index in [2.05, 4.69) is 46.2 Å². The lowest BCUT2D eigenvalue weighted by molar-refractivity contribution is 0.651. The maximum absolute atomic E-state index is 4.77. The molecule has 0 aliphatic heterocycles. The van der Waals surface area contributed by atoms with Gasteiger partial charge in [0.2, 0.25) is 0 Å². The van der Waals surface area contributed by atoms with Crippen molar-refractivity contribution in [2.45, 2.75) is 39.8 Å². The van der Waals surface area contributed by atoms with E-state index in [-0.39, 0.29) is 0 Å². The van der Waals surface area contributed by atoms with Crippen molar-refractivity contribution in [1.29, 1.82) is 0 Å². The number of hydrogen-bond donors (Lipinski definition) is 0. The minimum Gasteiger partial charge on any atom is -0.333 e. The first kappa shape index (κ1) is 12.9. The molecule has 3 rings (SSSR count). The molecule has 3 aromatic rings. The van der Waals surface area contributed by atoms with Crippen LogP contribution in [0.4, 0.5) is 0 Å². The van der Waals surface area contributed by atoms with Crippen LogP contribution in [-0.2, 0) is 19.5 Å². The lowest BCUT2D eigenvalue weighted by atomic mass is 10.3. The molecule has 0 amide bonds. The van der Waals surface area contributed by atoms with Crippen LogP contribution < -0.4 is 0 Å². The van der Waals surface area contributed by atoms with Gasteiger partial charge in [0.15, 0.2) is 0 Å². The Kier molecular flexibility index (Phi) is 3.54. The second-order valence-corrected chi connectivity index (χ2v) is 5.02. The number of hydrogen-bond acceptors (Lipinski definition) is 2. The average Bonchev–Trinajstić information content (AvgIpc) is 3.05. The van der Waals surface area contributed by atoms with Crippen molar-refractivity contribution in [1.82, 2.24) is 19.1 Å². The van der Waals surface area contributed by atoms with Gasteiger partial charge < -0.3 is 9.13 Å². The number of rotatable bonds is 5. The van der Waals surface area contributed by atoms with Crippen LogP contribution in [0.1, 0.15) is 31.8 Å². The fourth-order valence-electron chi connectivity index (χ4n) is 2.64. The van der Waals surface area contributed by atoms with Gasteiger partial charge in [-0.3, -0.25) is 0 Å². The molecule has 2 aromatic heterocycles. The Labute approximate surface area is 119 Å². The van der Waals surface area contributed by atoms with Crippen LogP contribution in [0.25, 0.3) is 11.0 Å². The van der Waals surface area contributed by atoms with E-state index in [1.54, 1.807) is 0 Å². The lowest BCUT2D eigenvalue weighted by Crippen LogP contribution is -2.09. The Morgan fingerprint density at radius 3 is 2.80 bits per heavy atom. The summed E-state index contributed by atoms with van der Waals surface area (Å²) in [4.78, 5) is 9.03. The largest absolute Gasteiger partial charge is 0.333 e. The van der Waals surface area contributed by atoms with Crippen molar-refractivity contribution in [2.24, 2.45) is 0 Å². The van der Waals surface area contributed by atoms with Crippen molar-refractivity contribution < 1.29 is 0 Å². The molecule has 0 aliphatic rings. The molecule has 0 spiro atoms. The number of para-hydroxylation sites is 2. The molecule has 0 atom stereocenters. The second-order valence-electron chi connectivity index (χ2n) is 5.02. The minimum absolute atomic E-state index is 0.837. The van der Waals surface area contributed by atoms with E-state index in [0.717, 1.165) is 37.3 Å². The monoisotopic (exact) mass is 268 g/mol. The predicted molar refractivity (Wildman–Crippen MR) is 80.7 cm³/mol. The Balaban J connectivity index is 2.06. The van der Waals surface area contributed by atoms with E-state index in [1.165, 1.54) is 11.2 Å². The maximum Gasteiger partial charge on any atom is 0.110 e. The summed E-state index contributed by atoms with van der Waals surface area (Å²) in [7, 11) is 0. The summed E-state index contributed by atoms with van der Waals surface area (Å²) in [6.45, 7) is 6.12. The van der Waals surface area contributed by atoms with Crippen molar-refractivity contribution >= 4 is 11.0 Å². The minimum atomic E-state index is 0.837. The van der Waals surface area contributed by atoms with Crippen molar-refractivity contribution in [2.75, 3.05) is 0 Å². The predicted octanol–water partition coefficient (Wildman–Crippen LogP) is 3.25. The van der Waals surface area contributed by atoms with Gasteiger partial charge in [-0.25, -0.2) is 9.97 Å². The second kappa shape index (κ2) is 5.49. The molecular weight excluding hydrogens is 248 g/mol. The number of fused-ring (bicyclic) bond motifs is 1. The average molecular weight is 268 g/mol. The molecule has 4 heteroatoms. The van der Waals surface area contributed by atoms with Crippen LogP contribution in [0.15, 0.2) is 36.8 Å². The van der Waals surface area contributed by atoms with E-state index >= 15 is 0 Å². The summed E-state index contributed by atoms with van der Waals surface area (Å²) in [5.41, 5.74) is 3.52. The smallest absolute Gasteiger partial charge is 0.110 e. The first-order chi connectivity index (χ1) is 9.83. The number of nitrogens with zero attached hydrogens (tertiary/aromatic N) is 4. The van der Waals surface area contributed by atoms with Gasteiger partial charge in [-0.1, -0.05) is 19.1 Å². The molecule has 0 fully saturated rings. The van der Waals surface area contributed by atoms with Crippen LogP contribution in [0.3, 0.4) is 0 Å². The standard InChI is InChI=1S/C16H20N4/c1-3-7-16-18-14-8-5-6-9-15(14)20(16)11-13-10-17-12-19(13)4-2/h5-6,8-10,12H,3-4,7,11H2,1-2H3. The Morgan fingerprint density at radius 2 is 2.00 bits per heavy atom. The van der Waals surface area contributed by atoms with E-state index in [0.29, 0.717) is 0 Å². The molecule has 0 aliphatic carbocycles. The zero-order chi connectivity index (χ0) is 13.9. The lowest BCUT2D eigenvalue weighted by Gasteiger charge is -2.10. The number of aryl methyl sites for hydroxylation is 2. The molecule has 2 heterocycles. The molecule has 0 unspecified atom stereocenters. The highest BCUT2D eigenvalue weighted by Crippen LogP contribution is 2.19. The van der Waals surface area contributed by atoms with Crippen molar-refractivity contribution in [3.63, 3.8) is 0 Å². The SMILES string of the molecule is CCCc1nc2ccccc2n1Cc1cncn1CC. The van der Waals surface area contributed by atoms with Gasteiger partial charge in [0.25, 0.3) is 0 Å². The van der Waals surface area contributed by atoms with Crippen LogP contribution in [0, 0.1) is 0 Å². The summed E-state index contributed by atoms with van der Waals surface area (Å²) in [5.74, 6) is 1.16. The van der Waals surface area contributed by atoms with Crippen molar-refractivity contribution in [3.05, 3.63) is 48.3 Å². The molecule has 1 aromatic carbocycles. The van der Waals surface area contributed by atoms with E-state index in [4.69, 9.17) is 4.98 Å². The Hall–Kier alpha value is -2.10. The summed E-state index contributed by atoms with van der Waals surface area (Å²) in [6.07, 6.45) is 5.97. The zero-order valence-electron chi connectivity index (χ0n) is 12.1. The van der Waals surface area contributed by atoms with Gasteiger partial charge in [0, 0.05) is 19.2 Å². The normalized spacial score (nSPS) is 11.3. The van der Waals surface area contributed by atoms with Gasteiger partial charge in [-0.2, -0.15) is 0 Å². The highest BCUT2D eigenvalue weighted by atomic mass is 15.1. The summed E-state index contributed by atoms with van der Waals surface area (Å²) in [6, 6.07) is 8.36. The Morgan fingerprint density at radius 1 is 1.15 bits per heavy atom. The van der Waals surface area contributed by atoms with Crippen molar-refractivity contribution in [3.8, 4) is 0 Å². The molecule has 0 bridgehead atoms. The molecule has 0 saturated heterocycles. The molecule has 4 nitrogen and oxygen atoms in total. The Bertz CT molecular complexity index is 708. The van der Waals surface area contributed by atoms with Crippen LogP contribution in [0.2, 0.25) is 0 Å². The summed E-state index contributed by atoms with van der Waals surface area (Å²) >= 11 is 0. The molecule has 104 valence electrons. The van der Waals surface area contributed by atoms with Crippen LogP contribution >= 0.6 is 0 Å². The first-order valence-corrected chi connectivity index (χ1v) is 7.26. The number of aromatic nitrogens is 4. The summed E-state index contributed by atoms with van der Waals surface area (Å²) < 4.78 is 4.51. The number of benzene rings is 1. The van der Waals surface area contributed by atoms with Gasteiger partial charge in [0.1, 0.15) is 5.82 Å². The fourth-order valence-corrected chi connectivity index (χ4v) is 2.64. The topological polar surface area (TPSA) is 35.6 Å². The molecule has 0 saturated carbocycles. The molecule has 0 N–H and O–H groups in total. The third-order valence-corrected chi connectivity index (χ3v) is 3.67. The highest BCUT2D eigenvalue weighted by molar-refractivity contribution is 5.76. The zero-order valence-corrected chi connectivity index (χ0v) is 12.1. The quantitative estimate of drug-likeness (QED) is 0.712. The third-order valence-electron chi connectivity index (χ3n) is 3.67. The number of imidazole rings is 2. The molecule has 20 heavy (non-hydrogen) atoms. The van der Waals surface area contributed by atoms with Gasteiger partial charge in [-0.15, -0.1) is 0 Å². The molecule has 0 radical (unpaired) electrons. The van der Waals surface area contributed by atoms with E-state index < -0.39 is 0 Å². The van der Waals surface area contributed by atoms with Gasteiger partial charge in [-0.05, 0) is 25.5 Å².